The number of carbonyl (C=O) groups is 1. The van der Waals surface area contributed by atoms with Crippen LogP contribution >= 0.6 is 11.8 Å². The molecule has 1 amide bonds. The van der Waals surface area contributed by atoms with Gasteiger partial charge in [0, 0.05) is 5.92 Å². The molecule has 1 fully saturated rings. The summed E-state index contributed by atoms with van der Waals surface area (Å²) >= 11 is 1.32. The van der Waals surface area contributed by atoms with Gasteiger partial charge < -0.3 is 5.32 Å². The second-order valence-corrected chi connectivity index (χ2v) is 8.80. The van der Waals surface area contributed by atoms with E-state index in [1.165, 1.54) is 11.8 Å². The summed E-state index contributed by atoms with van der Waals surface area (Å²) in [6, 6.07) is 12.1. The number of amides is 1. The normalized spacial score (nSPS) is 17.2. The van der Waals surface area contributed by atoms with E-state index < -0.39 is 10.8 Å². The molecular formula is C20H25N5OS. The van der Waals surface area contributed by atoms with E-state index in [2.05, 4.69) is 16.5 Å². The lowest BCUT2D eigenvalue weighted by atomic mass is 9.90. The van der Waals surface area contributed by atoms with Crippen LogP contribution in [0.5, 0.6) is 0 Å². The molecule has 0 bridgehead atoms. The number of para-hydroxylation sites is 1. The van der Waals surface area contributed by atoms with Crippen LogP contribution in [0.15, 0.2) is 35.5 Å². The molecule has 7 heteroatoms. The molecule has 27 heavy (non-hydrogen) atoms. The molecule has 0 saturated heterocycles. The Kier molecular flexibility index (Phi) is 5.56. The molecule has 2 aromatic rings. The van der Waals surface area contributed by atoms with Gasteiger partial charge in [0.1, 0.15) is 11.4 Å². The first kappa shape index (κ1) is 19.4. The van der Waals surface area contributed by atoms with E-state index in [1.807, 2.05) is 55.8 Å². The van der Waals surface area contributed by atoms with Crippen LogP contribution < -0.4 is 5.32 Å². The van der Waals surface area contributed by atoms with Gasteiger partial charge in [-0.3, -0.25) is 4.79 Å². The standard InChI is InChI=1S/C20H25N5OS/c1-13(2)20(4,12-21)23-18(26)14(3)27-19-22-17(15-10-11-15)25(24-19)16-8-6-5-7-9-16/h5-9,13-15H,10-11H2,1-4H3,(H,23,26)/t14-,20+/m1/s1. The van der Waals surface area contributed by atoms with Gasteiger partial charge in [0.25, 0.3) is 0 Å². The number of thioether (sulfide) groups is 1. The first-order valence-electron chi connectivity index (χ1n) is 9.26. The predicted molar refractivity (Wildman–Crippen MR) is 106 cm³/mol. The zero-order valence-electron chi connectivity index (χ0n) is 16.1. The Balaban J connectivity index is 1.76. The van der Waals surface area contributed by atoms with Crippen LogP contribution in [0.3, 0.4) is 0 Å². The van der Waals surface area contributed by atoms with Crippen molar-refractivity contribution in [3.05, 3.63) is 36.2 Å². The molecule has 0 radical (unpaired) electrons. The summed E-state index contributed by atoms with van der Waals surface area (Å²) in [5.41, 5.74) is 0.0924. The topological polar surface area (TPSA) is 83.6 Å². The van der Waals surface area contributed by atoms with Crippen molar-refractivity contribution in [3.63, 3.8) is 0 Å². The lowest BCUT2D eigenvalue weighted by Gasteiger charge is -2.28. The minimum absolute atomic E-state index is 0.0144. The summed E-state index contributed by atoms with van der Waals surface area (Å²) in [6.45, 7) is 7.41. The van der Waals surface area contributed by atoms with Crippen molar-refractivity contribution < 1.29 is 4.79 Å². The number of hydrogen-bond donors (Lipinski definition) is 1. The van der Waals surface area contributed by atoms with E-state index in [0.717, 1.165) is 24.4 Å². The van der Waals surface area contributed by atoms with Gasteiger partial charge in [0.05, 0.1) is 17.0 Å². The Morgan fingerprint density at radius 1 is 1.33 bits per heavy atom. The number of nitrogens with one attached hydrogen (secondary N) is 1. The van der Waals surface area contributed by atoms with Gasteiger partial charge in [0.15, 0.2) is 0 Å². The van der Waals surface area contributed by atoms with Crippen LogP contribution in [0, 0.1) is 17.2 Å². The Hall–Kier alpha value is -2.33. The summed E-state index contributed by atoms with van der Waals surface area (Å²) in [5.74, 6) is 1.24. The number of aromatic nitrogens is 3. The highest BCUT2D eigenvalue weighted by Crippen LogP contribution is 2.40. The highest BCUT2D eigenvalue weighted by atomic mass is 32.2. The third-order valence-electron chi connectivity index (χ3n) is 4.98. The second-order valence-electron chi connectivity index (χ2n) is 7.49. The fourth-order valence-electron chi connectivity index (χ4n) is 2.59. The van der Waals surface area contributed by atoms with Gasteiger partial charge in [-0.2, -0.15) is 5.26 Å². The minimum atomic E-state index is -0.887. The Labute approximate surface area is 164 Å². The number of benzene rings is 1. The van der Waals surface area contributed by atoms with Crippen molar-refractivity contribution in [2.75, 3.05) is 0 Å². The molecule has 1 saturated carbocycles. The molecule has 0 aliphatic heterocycles. The van der Waals surface area contributed by atoms with Crippen LogP contribution in [-0.2, 0) is 4.79 Å². The fourth-order valence-corrected chi connectivity index (χ4v) is 3.35. The van der Waals surface area contributed by atoms with Crippen LogP contribution in [0.2, 0.25) is 0 Å². The summed E-state index contributed by atoms with van der Waals surface area (Å²) in [6.07, 6.45) is 2.25. The molecule has 2 atom stereocenters. The Bertz CT molecular complexity index is 853. The Morgan fingerprint density at radius 3 is 2.56 bits per heavy atom. The average molecular weight is 384 g/mol. The van der Waals surface area contributed by atoms with E-state index in [0.29, 0.717) is 11.1 Å². The molecule has 3 rings (SSSR count). The second kappa shape index (κ2) is 7.73. The molecule has 1 aliphatic rings. The van der Waals surface area contributed by atoms with Crippen molar-refractivity contribution in [1.82, 2.24) is 20.1 Å². The van der Waals surface area contributed by atoms with Crippen LogP contribution in [-0.4, -0.2) is 31.5 Å². The maximum atomic E-state index is 12.6. The third kappa shape index (κ3) is 4.33. The van der Waals surface area contributed by atoms with Gasteiger partial charge in [0.2, 0.25) is 11.1 Å². The summed E-state index contributed by atoms with van der Waals surface area (Å²) < 4.78 is 1.89. The SMILES string of the molecule is CC(C)[C@](C)(C#N)NC(=O)[C@@H](C)Sc1nc(C2CC2)n(-c2ccccc2)n1. The van der Waals surface area contributed by atoms with E-state index in [-0.39, 0.29) is 11.8 Å². The number of nitriles is 1. The first-order valence-corrected chi connectivity index (χ1v) is 10.1. The highest BCUT2D eigenvalue weighted by Gasteiger charge is 2.33. The zero-order chi connectivity index (χ0) is 19.6. The van der Waals surface area contributed by atoms with Gasteiger partial charge in [-0.25, -0.2) is 9.67 Å². The van der Waals surface area contributed by atoms with Gasteiger partial charge in [-0.15, -0.1) is 5.10 Å². The van der Waals surface area contributed by atoms with E-state index in [1.54, 1.807) is 6.92 Å². The molecule has 1 heterocycles. The van der Waals surface area contributed by atoms with Gasteiger partial charge in [-0.05, 0) is 44.7 Å². The molecule has 142 valence electrons. The summed E-state index contributed by atoms with van der Waals surface area (Å²) in [7, 11) is 0. The van der Waals surface area contributed by atoms with Crippen LogP contribution in [0.4, 0.5) is 0 Å². The predicted octanol–water partition coefficient (Wildman–Crippen LogP) is 3.68. The van der Waals surface area contributed by atoms with Crippen LogP contribution in [0.25, 0.3) is 5.69 Å². The largest absolute Gasteiger partial charge is 0.337 e. The number of rotatable bonds is 7. The lowest BCUT2D eigenvalue weighted by molar-refractivity contribution is -0.121. The maximum Gasteiger partial charge on any atom is 0.234 e. The first-order chi connectivity index (χ1) is 12.8. The van der Waals surface area contributed by atoms with Crippen molar-refractivity contribution in [1.29, 1.82) is 5.26 Å². The third-order valence-corrected chi connectivity index (χ3v) is 5.93. The van der Waals surface area contributed by atoms with E-state index in [4.69, 9.17) is 4.98 Å². The molecule has 1 aromatic carbocycles. The summed E-state index contributed by atoms with van der Waals surface area (Å²) in [5, 5.41) is 17.1. The maximum absolute atomic E-state index is 12.6. The fraction of sp³-hybridized carbons (Fsp3) is 0.500. The average Bonchev–Trinajstić information content (AvgIpc) is 3.42. The number of hydrogen-bond acceptors (Lipinski definition) is 5. The molecule has 1 aromatic heterocycles. The molecule has 0 spiro atoms. The zero-order valence-corrected chi connectivity index (χ0v) is 17.0. The molecule has 0 unspecified atom stereocenters. The lowest BCUT2D eigenvalue weighted by Crippen LogP contribution is -2.51. The Morgan fingerprint density at radius 2 is 2.00 bits per heavy atom. The molecule has 6 nitrogen and oxygen atoms in total. The van der Waals surface area contributed by atoms with E-state index in [9.17, 15) is 10.1 Å². The summed E-state index contributed by atoms with van der Waals surface area (Å²) in [4.78, 5) is 17.3. The highest BCUT2D eigenvalue weighted by molar-refractivity contribution is 8.00. The minimum Gasteiger partial charge on any atom is -0.337 e. The van der Waals surface area contributed by atoms with Crippen molar-refractivity contribution in [3.8, 4) is 11.8 Å². The molecular weight excluding hydrogens is 358 g/mol. The van der Waals surface area contributed by atoms with Crippen molar-refractivity contribution >= 4 is 17.7 Å². The van der Waals surface area contributed by atoms with Gasteiger partial charge in [-0.1, -0.05) is 43.8 Å². The van der Waals surface area contributed by atoms with Crippen molar-refractivity contribution in [2.45, 2.75) is 62.4 Å². The number of nitrogens with zero attached hydrogens (tertiary/aromatic N) is 4. The van der Waals surface area contributed by atoms with Crippen molar-refractivity contribution in [2.24, 2.45) is 5.92 Å². The smallest absolute Gasteiger partial charge is 0.234 e. The molecule has 1 N–H and O–H groups in total. The number of carbonyl (C=O) groups excluding carboxylic acids is 1. The van der Waals surface area contributed by atoms with E-state index >= 15 is 0 Å². The molecule has 1 aliphatic carbocycles. The monoisotopic (exact) mass is 383 g/mol. The van der Waals surface area contributed by atoms with Crippen LogP contribution in [0.1, 0.15) is 52.3 Å². The van der Waals surface area contributed by atoms with Gasteiger partial charge >= 0.3 is 0 Å². The quantitative estimate of drug-likeness (QED) is 0.737.